The van der Waals surface area contributed by atoms with Gasteiger partial charge < -0.3 is 33.8 Å². The second-order valence-electron chi connectivity index (χ2n) is 10.3. The summed E-state index contributed by atoms with van der Waals surface area (Å²) in [7, 11) is 0. The molecule has 1 aliphatic heterocycles. The lowest BCUT2D eigenvalue weighted by Crippen LogP contribution is -2.43. The second-order valence-corrected chi connectivity index (χ2v) is 10.3. The zero-order chi connectivity index (χ0) is 25.6. The van der Waals surface area contributed by atoms with Gasteiger partial charge in [0, 0.05) is 42.0 Å². The number of aliphatic hydroxyl groups is 1. The van der Waals surface area contributed by atoms with Gasteiger partial charge in [0.15, 0.2) is 5.76 Å². The van der Waals surface area contributed by atoms with Crippen molar-refractivity contribution in [2.75, 3.05) is 39.6 Å². The predicted molar refractivity (Wildman–Crippen MR) is 138 cm³/mol. The molecule has 0 saturated heterocycles. The summed E-state index contributed by atoms with van der Waals surface area (Å²) in [6.45, 7) is 4.08. The molecule has 2 aromatic rings. The predicted octanol–water partition coefficient (Wildman–Crippen LogP) is 4.13. The number of furan rings is 1. The van der Waals surface area contributed by atoms with Gasteiger partial charge in [-0.15, -0.1) is 0 Å². The average molecular weight is 514 g/mol. The Morgan fingerprint density at radius 2 is 1.95 bits per heavy atom. The third kappa shape index (κ3) is 6.03. The first-order valence-corrected chi connectivity index (χ1v) is 13.7. The fourth-order valence-electron chi connectivity index (χ4n) is 6.32. The minimum atomic E-state index is -0.580. The lowest BCUT2D eigenvalue weighted by Gasteiger charge is -2.37. The van der Waals surface area contributed by atoms with E-state index in [4.69, 9.17) is 28.5 Å². The average Bonchev–Trinajstić information content (AvgIpc) is 3.65. The largest absolute Gasteiger partial charge is 0.464 e. The van der Waals surface area contributed by atoms with Gasteiger partial charge in [-0.3, -0.25) is 4.79 Å². The van der Waals surface area contributed by atoms with Crippen molar-refractivity contribution >= 4 is 16.9 Å². The van der Waals surface area contributed by atoms with Gasteiger partial charge >= 0.3 is 0 Å². The molecule has 8 nitrogen and oxygen atoms in total. The summed E-state index contributed by atoms with van der Waals surface area (Å²) in [6.07, 6.45) is 8.62. The number of hydrogen-bond donors (Lipinski definition) is 2. The Kier molecular flexibility index (Phi) is 8.81. The maximum atomic E-state index is 13.4. The van der Waals surface area contributed by atoms with E-state index >= 15 is 0 Å². The highest BCUT2D eigenvalue weighted by molar-refractivity contribution is 5.92. The zero-order valence-corrected chi connectivity index (χ0v) is 21.6. The van der Waals surface area contributed by atoms with Crippen LogP contribution in [0.3, 0.4) is 0 Å². The molecule has 2 aliphatic carbocycles. The molecule has 1 amide bonds. The molecule has 8 heteroatoms. The molecule has 2 saturated carbocycles. The number of para-hydroxylation sites is 1. The molecule has 5 rings (SSSR count). The normalized spacial score (nSPS) is 28.9. The van der Waals surface area contributed by atoms with Crippen LogP contribution in [0.1, 0.15) is 50.5 Å². The highest BCUT2D eigenvalue weighted by Crippen LogP contribution is 2.45. The highest BCUT2D eigenvalue weighted by Gasteiger charge is 2.43. The fourth-order valence-corrected chi connectivity index (χ4v) is 6.32. The molecule has 3 aliphatic rings. The van der Waals surface area contributed by atoms with Crippen molar-refractivity contribution in [3.63, 3.8) is 0 Å². The first-order chi connectivity index (χ1) is 18.2. The van der Waals surface area contributed by atoms with Crippen LogP contribution in [0.2, 0.25) is 0 Å². The molecule has 37 heavy (non-hydrogen) atoms. The molecule has 1 aromatic carbocycles. The second kappa shape index (κ2) is 12.4. The molecule has 0 spiro atoms. The third-order valence-electron chi connectivity index (χ3n) is 8.07. The SMILES string of the molecule is CCO[C@H]1OC(C(=O)NC2CC3CCC2C3)=C[C@@H](c2coc3ccccc23)[C@@H]1CCOCCOCCO. The number of carbonyl (C=O) groups is 1. The minimum Gasteiger partial charge on any atom is -0.464 e. The topological polar surface area (TPSA) is 99.4 Å². The van der Waals surface area contributed by atoms with Crippen LogP contribution in [0.5, 0.6) is 0 Å². The van der Waals surface area contributed by atoms with Crippen LogP contribution in [0, 0.1) is 17.8 Å². The van der Waals surface area contributed by atoms with Crippen LogP contribution in [0.15, 0.2) is 46.8 Å². The molecule has 0 radical (unpaired) electrons. The maximum absolute atomic E-state index is 13.4. The van der Waals surface area contributed by atoms with Crippen LogP contribution in [-0.2, 0) is 23.7 Å². The molecular formula is C29H39NO7. The van der Waals surface area contributed by atoms with Crippen molar-refractivity contribution in [1.29, 1.82) is 0 Å². The van der Waals surface area contributed by atoms with E-state index in [0.29, 0.717) is 51.1 Å². The molecular weight excluding hydrogens is 474 g/mol. The summed E-state index contributed by atoms with van der Waals surface area (Å²) in [5.41, 5.74) is 1.83. The van der Waals surface area contributed by atoms with E-state index < -0.39 is 6.29 Å². The van der Waals surface area contributed by atoms with Crippen molar-refractivity contribution in [2.45, 2.75) is 57.3 Å². The molecule has 2 fully saturated rings. The van der Waals surface area contributed by atoms with Gasteiger partial charge in [-0.2, -0.15) is 0 Å². The molecule has 2 N–H and O–H groups in total. The van der Waals surface area contributed by atoms with Crippen LogP contribution in [0.25, 0.3) is 11.0 Å². The van der Waals surface area contributed by atoms with E-state index in [1.807, 2.05) is 37.3 Å². The zero-order valence-electron chi connectivity index (χ0n) is 21.6. The Morgan fingerprint density at radius 1 is 1.11 bits per heavy atom. The maximum Gasteiger partial charge on any atom is 0.286 e. The Labute approximate surface area is 218 Å². The van der Waals surface area contributed by atoms with E-state index in [1.54, 1.807) is 6.26 Å². The van der Waals surface area contributed by atoms with Gasteiger partial charge in [-0.1, -0.05) is 24.6 Å². The van der Waals surface area contributed by atoms with Crippen molar-refractivity contribution in [2.24, 2.45) is 17.8 Å². The highest BCUT2D eigenvalue weighted by atomic mass is 16.7. The standard InChI is InChI=1S/C29H39NO7/c1-2-35-29-22(9-11-33-13-14-34-12-10-31)23(24-18-36-26-6-4-3-5-21(24)26)17-27(37-29)28(32)30-25-16-19-7-8-20(25)15-19/h3-6,17-20,22-23,25,29,31H,2,7-16H2,1H3,(H,30,32)/t19?,20?,22-,23+,25?,29-/m0/s1. The summed E-state index contributed by atoms with van der Waals surface area (Å²) < 4.78 is 29.3. The van der Waals surface area contributed by atoms with Crippen LogP contribution in [0.4, 0.5) is 0 Å². The Balaban J connectivity index is 1.35. The van der Waals surface area contributed by atoms with Gasteiger partial charge in [-0.05, 0) is 56.6 Å². The third-order valence-corrected chi connectivity index (χ3v) is 8.07. The van der Waals surface area contributed by atoms with Gasteiger partial charge in [0.2, 0.25) is 6.29 Å². The van der Waals surface area contributed by atoms with E-state index in [0.717, 1.165) is 28.9 Å². The van der Waals surface area contributed by atoms with Crippen LogP contribution in [-0.4, -0.2) is 63.0 Å². The smallest absolute Gasteiger partial charge is 0.286 e. The fraction of sp³-hybridized carbons (Fsp3) is 0.621. The Morgan fingerprint density at radius 3 is 2.70 bits per heavy atom. The Bertz CT molecular complexity index is 1070. The van der Waals surface area contributed by atoms with Crippen molar-refractivity contribution in [1.82, 2.24) is 5.32 Å². The van der Waals surface area contributed by atoms with E-state index in [2.05, 4.69) is 5.32 Å². The number of aliphatic hydroxyl groups excluding tert-OH is 1. The summed E-state index contributed by atoms with van der Waals surface area (Å²) in [5, 5.41) is 13.1. The summed E-state index contributed by atoms with van der Waals surface area (Å²) in [4.78, 5) is 13.4. The van der Waals surface area contributed by atoms with Crippen LogP contribution >= 0.6 is 0 Å². The van der Waals surface area contributed by atoms with Crippen molar-refractivity contribution in [3.05, 3.63) is 47.9 Å². The Hall–Kier alpha value is -2.39. The summed E-state index contributed by atoms with van der Waals surface area (Å²) in [5.74, 6) is 1.29. The number of nitrogens with one attached hydrogen (secondary N) is 1. The molecule has 3 unspecified atom stereocenters. The monoisotopic (exact) mass is 513 g/mol. The number of rotatable bonds is 13. The van der Waals surface area contributed by atoms with Crippen molar-refractivity contribution < 1.29 is 33.3 Å². The molecule has 2 heterocycles. The van der Waals surface area contributed by atoms with E-state index in [1.165, 1.54) is 19.3 Å². The molecule has 6 atom stereocenters. The van der Waals surface area contributed by atoms with E-state index in [-0.39, 0.29) is 30.4 Å². The number of carbonyl (C=O) groups excluding carboxylic acids is 1. The lowest BCUT2D eigenvalue weighted by atomic mass is 9.81. The molecule has 1 aromatic heterocycles. The van der Waals surface area contributed by atoms with Gasteiger partial charge in [-0.25, -0.2) is 0 Å². The van der Waals surface area contributed by atoms with Gasteiger partial charge in [0.1, 0.15) is 5.58 Å². The van der Waals surface area contributed by atoms with Gasteiger partial charge in [0.25, 0.3) is 5.91 Å². The number of benzene rings is 1. The van der Waals surface area contributed by atoms with Crippen molar-refractivity contribution in [3.8, 4) is 0 Å². The first-order valence-electron chi connectivity index (χ1n) is 13.7. The quantitative estimate of drug-likeness (QED) is 0.389. The molecule has 202 valence electrons. The van der Waals surface area contributed by atoms with E-state index in [9.17, 15) is 4.79 Å². The summed E-state index contributed by atoms with van der Waals surface area (Å²) >= 11 is 0. The minimum absolute atomic E-state index is 0.0000157. The number of fused-ring (bicyclic) bond motifs is 3. The number of amides is 1. The number of allylic oxidation sites excluding steroid dienone is 1. The lowest BCUT2D eigenvalue weighted by molar-refractivity contribution is -0.168. The first kappa shape index (κ1) is 26.2. The van der Waals surface area contributed by atoms with Crippen LogP contribution < -0.4 is 5.32 Å². The summed E-state index contributed by atoms with van der Waals surface area (Å²) in [6, 6.07) is 8.19. The van der Waals surface area contributed by atoms with Gasteiger partial charge in [0.05, 0.1) is 32.7 Å². The number of ether oxygens (including phenoxy) is 4. The number of hydrogen-bond acceptors (Lipinski definition) is 7. The molecule has 2 bridgehead atoms.